The maximum atomic E-state index is 12.7. The molecular formula is C37H32O11. The van der Waals surface area contributed by atoms with Crippen LogP contribution in [0.3, 0.4) is 0 Å². The Balaban J connectivity index is 1.32. The molecule has 0 atom stereocenters. The number of carbonyl (C=O) groups is 4. The number of rotatable bonds is 17. The van der Waals surface area contributed by atoms with Crippen molar-refractivity contribution in [3.05, 3.63) is 122 Å². The topological polar surface area (TPSA) is 133 Å². The van der Waals surface area contributed by atoms with Crippen molar-refractivity contribution in [2.75, 3.05) is 20.4 Å². The summed E-state index contributed by atoms with van der Waals surface area (Å²) >= 11 is 0. The zero-order valence-electron chi connectivity index (χ0n) is 25.9. The first-order valence-corrected chi connectivity index (χ1v) is 14.5. The molecule has 0 heterocycles. The molecule has 0 radical (unpaired) electrons. The smallest absolute Gasteiger partial charge is 0.333 e. The van der Waals surface area contributed by atoms with E-state index in [2.05, 4.69) is 19.7 Å². The SMILES string of the molecule is C=CC(=O)OCOc1ccc2cc(-c3ccc(OC(=O)CCc4ccc(OCOC(=O)C=C)c(OCOC(=O)C=C)c4)cc3)ccc2c1. The number of carbonyl (C=O) groups excluding carboxylic acids is 4. The van der Waals surface area contributed by atoms with Gasteiger partial charge in [-0.05, 0) is 76.3 Å². The van der Waals surface area contributed by atoms with E-state index in [1.807, 2.05) is 42.5 Å². The Hall–Kier alpha value is -6.36. The van der Waals surface area contributed by atoms with Gasteiger partial charge in [-0.15, -0.1) is 0 Å². The fourth-order valence-electron chi connectivity index (χ4n) is 4.21. The lowest BCUT2D eigenvalue weighted by Gasteiger charge is -2.14. The minimum absolute atomic E-state index is 0.0663. The quantitative estimate of drug-likeness (QED) is 0.0422. The van der Waals surface area contributed by atoms with Crippen LogP contribution in [0, 0.1) is 0 Å². The van der Waals surface area contributed by atoms with Gasteiger partial charge in [0.1, 0.15) is 11.5 Å². The molecule has 0 spiro atoms. The molecule has 4 rings (SSSR count). The molecule has 0 fully saturated rings. The van der Waals surface area contributed by atoms with E-state index in [0.717, 1.165) is 40.1 Å². The van der Waals surface area contributed by atoms with Crippen LogP contribution in [0.25, 0.3) is 21.9 Å². The van der Waals surface area contributed by atoms with Crippen molar-refractivity contribution in [3.8, 4) is 34.1 Å². The van der Waals surface area contributed by atoms with Gasteiger partial charge < -0.3 is 33.2 Å². The summed E-state index contributed by atoms with van der Waals surface area (Å²) in [5, 5.41) is 1.93. The van der Waals surface area contributed by atoms with Crippen molar-refractivity contribution in [3.63, 3.8) is 0 Å². The Morgan fingerprint density at radius 3 is 1.73 bits per heavy atom. The Bertz CT molecular complexity index is 1810. The van der Waals surface area contributed by atoms with Crippen LogP contribution in [0.4, 0.5) is 0 Å². The summed E-state index contributed by atoms with van der Waals surface area (Å²) in [6, 6.07) is 23.6. The van der Waals surface area contributed by atoms with Crippen LogP contribution in [-0.4, -0.2) is 44.3 Å². The molecule has 246 valence electrons. The van der Waals surface area contributed by atoms with Crippen molar-refractivity contribution in [2.24, 2.45) is 0 Å². The maximum absolute atomic E-state index is 12.7. The van der Waals surface area contributed by atoms with Crippen LogP contribution in [0.2, 0.25) is 0 Å². The summed E-state index contributed by atoms with van der Waals surface area (Å²) in [5.74, 6) is -0.944. The number of ether oxygens (including phenoxy) is 7. The molecule has 0 aromatic heterocycles. The zero-order chi connectivity index (χ0) is 34.3. The average Bonchev–Trinajstić information content (AvgIpc) is 3.11. The highest BCUT2D eigenvalue weighted by atomic mass is 16.7. The Labute approximate surface area is 276 Å². The number of aryl methyl sites for hydroxylation is 1. The highest BCUT2D eigenvalue weighted by molar-refractivity contribution is 5.88. The van der Waals surface area contributed by atoms with Gasteiger partial charge in [-0.1, -0.05) is 56.1 Å². The van der Waals surface area contributed by atoms with Crippen molar-refractivity contribution >= 4 is 34.6 Å². The van der Waals surface area contributed by atoms with Crippen LogP contribution >= 0.6 is 0 Å². The lowest BCUT2D eigenvalue weighted by atomic mass is 10.0. The lowest BCUT2D eigenvalue weighted by molar-refractivity contribution is -0.146. The molecule has 0 bridgehead atoms. The van der Waals surface area contributed by atoms with E-state index in [1.165, 1.54) is 0 Å². The van der Waals surface area contributed by atoms with Crippen molar-refractivity contribution < 1.29 is 52.3 Å². The predicted octanol–water partition coefficient (Wildman–Crippen LogP) is 6.24. The van der Waals surface area contributed by atoms with Gasteiger partial charge in [0.2, 0.25) is 20.4 Å². The fourth-order valence-corrected chi connectivity index (χ4v) is 4.21. The van der Waals surface area contributed by atoms with Gasteiger partial charge in [0.25, 0.3) is 0 Å². The molecule has 0 aliphatic carbocycles. The molecule has 11 nitrogen and oxygen atoms in total. The van der Waals surface area contributed by atoms with Crippen LogP contribution in [0.1, 0.15) is 12.0 Å². The van der Waals surface area contributed by atoms with Crippen LogP contribution < -0.4 is 18.9 Å². The Kier molecular flexibility index (Phi) is 12.5. The third-order valence-electron chi connectivity index (χ3n) is 6.61. The van der Waals surface area contributed by atoms with Crippen LogP contribution in [0.15, 0.2) is 117 Å². The van der Waals surface area contributed by atoms with Gasteiger partial charge in [-0.25, -0.2) is 14.4 Å². The van der Waals surface area contributed by atoms with Gasteiger partial charge in [-0.3, -0.25) is 4.79 Å². The minimum Gasteiger partial charge on any atom is -0.457 e. The second kappa shape index (κ2) is 17.4. The summed E-state index contributed by atoms with van der Waals surface area (Å²) in [5.41, 5.74) is 2.62. The molecule has 0 N–H and O–H groups in total. The highest BCUT2D eigenvalue weighted by Gasteiger charge is 2.12. The third kappa shape index (κ3) is 10.3. The Morgan fingerprint density at radius 2 is 1.08 bits per heavy atom. The van der Waals surface area contributed by atoms with Gasteiger partial charge in [-0.2, -0.15) is 0 Å². The Morgan fingerprint density at radius 1 is 0.542 bits per heavy atom. The second-order valence-electron chi connectivity index (χ2n) is 9.79. The summed E-state index contributed by atoms with van der Waals surface area (Å²) in [4.78, 5) is 46.5. The monoisotopic (exact) mass is 652 g/mol. The first-order chi connectivity index (χ1) is 23.3. The summed E-state index contributed by atoms with van der Waals surface area (Å²) in [7, 11) is 0. The van der Waals surface area contributed by atoms with Crippen molar-refractivity contribution in [1.82, 2.24) is 0 Å². The van der Waals surface area contributed by atoms with E-state index in [1.54, 1.807) is 36.4 Å². The van der Waals surface area contributed by atoms with Crippen molar-refractivity contribution in [1.29, 1.82) is 0 Å². The molecule has 0 saturated heterocycles. The van der Waals surface area contributed by atoms with Gasteiger partial charge in [0.05, 0.1) is 0 Å². The van der Waals surface area contributed by atoms with E-state index in [0.29, 0.717) is 23.5 Å². The number of hydrogen-bond acceptors (Lipinski definition) is 11. The lowest BCUT2D eigenvalue weighted by Crippen LogP contribution is -2.11. The number of fused-ring (bicyclic) bond motifs is 1. The average molecular weight is 653 g/mol. The fraction of sp³-hybridized carbons (Fsp3) is 0.135. The van der Waals surface area contributed by atoms with Crippen molar-refractivity contribution in [2.45, 2.75) is 12.8 Å². The highest BCUT2D eigenvalue weighted by Crippen LogP contribution is 2.30. The minimum atomic E-state index is -0.672. The molecule has 11 heteroatoms. The normalized spacial score (nSPS) is 10.2. The zero-order valence-corrected chi connectivity index (χ0v) is 25.9. The van der Waals surface area contributed by atoms with Crippen LogP contribution in [-0.2, 0) is 39.8 Å². The molecule has 0 saturated carbocycles. The standard InChI is InChI=1S/C37H32O11/c1-4-34(38)45-22-42-31-16-13-28-20-27(9-10-29(28)21-31)26-11-14-30(15-12-26)48-37(41)18-8-25-7-17-32(43-23-46-35(39)5-2)33(19-25)44-24-47-36(40)6-3/h4-7,9-17,19-21H,1-3,8,18,22-24H2. The molecule has 4 aromatic rings. The van der Waals surface area contributed by atoms with E-state index in [4.69, 9.17) is 33.2 Å². The summed E-state index contributed by atoms with van der Waals surface area (Å²) in [6.45, 7) is 8.96. The van der Waals surface area contributed by atoms with Gasteiger partial charge in [0.15, 0.2) is 11.5 Å². The third-order valence-corrected chi connectivity index (χ3v) is 6.61. The number of esters is 4. The first-order valence-electron chi connectivity index (χ1n) is 14.5. The van der Waals surface area contributed by atoms with Gasteiger partial charge in [0, 0.05) is 24.6 Å². The first kappa shape index (κ1) is 34.5. The summed E-state index contributed by atoms with van der Waals surface area (Å²) < 4.78 is 36.5. The molecule has 0 aliphatic rings. The maximum Gasteiger partial charge on any atom is 0.333 e. The molecule has 0 unspecified atom stereocenters. The molecule has 0 aliphatic heterocycles. The number of hydrogen-bond donors (Lipinski definition) is 0. The van der Waals surface area contributed by atoms with E-state index >= 15 is 0 Å². The number of benzene rings is 4. The van der Waals surface area contributed by atoms with Gasteiger partial charge >= 0.3 is 23.9 Å². The van der Waals surface area contributed by atoms with E-state index in [9.17, 15) is 19.2 Å². The molecule has 0 amide bonds. The second-order valence-corrected chi connectivity index (χ2v) is 9.79. The van der Waals surface area contributed by atoms with E-state index < -0.39 is 37.5 Å². The predicted molar refractivity (Wildman–Crippen MR) is 175 cm³/mol. The summed E-state index contributed by atoms with van der Waals surface area (Å²) in [6.07, 6.45) is 3.45. The molecule has 4 aromatic carbocycles. The largest absolute Gasteiger partial charge is 0.457 e. The van der Waals surface area contributed by atoms with Crippen LogP contribution in [0.5, 0.6) is 23.0 Å². The molecule has 48 heavy (non-hydrogen) atoms. The molecular weight excluding hydrogens is 620 g/mol. The van der Waals surface area contributed by atoms with E-state index in [-0.39, 0.29) is 24.7 Å².